The van der Waals surface area contributed by atoms with Gasteiger partial charge in [0.1, 0.15) is 17.5 Å². The Morgan fingerprint density at radius 2 is 2.13 bits per heavy atom. The number of rotatable bonds is 5. The van der Waals surface area contributed by atoms with E-state index in [9.17, 15) is 9.18 Å². The van der Waals surface area contributed by atoms with Crippen LogP contribution in [0.1, 0.15) is 18.1 Å². The van der Waals surface area contributed by atoms with Crippen molar-refractivity contribution in [3.05, 3.63) is 47.3 Å². The van der Waals surface area contributed by atoms with Crippen LogP contribution in [0, 0.1) is 12.7 Å². The number of pyridine rings is 1. The number of ether oxygens (including phenoxy) is 1. The van der Waals surface area contributed by atoms with E-state index >= 15 is 0 Å². The van der Waals surface area contributed by atoms with E-state index in [1.807, 2.05) is 6.07 Å². The van der Waals surface area contributed by atoms with Crippen LogP contribution in [0.3, 0.4) is 0 Å². The van der Waals surface area contributed by atoms with Crippen molar-refractivity contribution in [3.8, 4) is 0 Å². The van der Waals surface area contributed by atoms with Crippen molar-refractivity contribution >= 4 is 23.4 Å². The number of nitrogens with zero attached hydrogens (tertiary/aromatic N) is 1. The third-order valence-corrected chi connectivity index (χ3v) is 3.15. The zero-order chi connectivity index (χ0) is 16.8. The quantitative estimate of drug-likeness (QED) is 0.787. The molecule has 6 nitrogen and oxygen atoms in total. The molecule has 0 bridgehead atoms. The van der Waals surface area contributed by atoms with E-state index in [2.05, 4.69) is 15.6 Å². The highest BCUT2D eigenvalue weighted by molar-refractivity contribution is 5.88. The molecule has 1 heterocycles. The van der Waals surface area contributed by atoms with Crippen molar-refractivity contribution in [2.45, 2.75) is 20.4 Å². The topological polar surface area (TPSA) is 89.3 Å². The molecular weight excluding hydrogens is 299 g/mol. The number of carbonyl (C=O) groups excluding carboxylic acids is 1. The van der Waals surface area contributed by atoms with E-state index in [-0.39, 0.29) is 18.2 Å². The second-order valence-electron chi connectivity index (χ2n) is 4.91. The van der Waals surface area contributed by atoms with E-state index in [1.165, 1.54) is 6.07 Å². The Morgan fingerprint density at radius 1 is 1.35 bits per heavy atom. The summed E-state index contributed by atoms with van der Waals surface area (Å²) < 4.78 is 18.3. The molecule has 1 aromatic heterocycles. The molecule has 0 saturated heterocycles. The standard InChI is InChI=1S/C16H19FN4O2/c1-3-23-16(22)20-13-6-7-14(21-15(13)18)19-9-11-5-4-10(2)12(17)8-11/h4-8H,3,9H2,1-2H3,(H,20,22)(H3,18,19,21). The maximum Gasteiger partial charge on any atom is 0.411 e. The summed E-state index contributed by atoms with van der Waals surface area (Å²) in [6, 6.07) is 8.33. The van der Waals surface area contributed by atoms with Crippen molar-refractivity contribution in [3.63, 3.8) is 0 Å². The zero-order valence-corrected chi connectivity index (χ0v) is 13.0. The van der Waals surface area contributed by atoms with Crippen molar-refractivity contribution < 1.29 is 13.9 Å². The van der Waals surface area contributed by atoms with Crippen molar-refractivity contribution in [2.75, 3.05) is 23.0 Å². The van der Waals surface area contributed by atoms with Gasteiger partial charge in [-0.25, -0.2) is 14.2 Å². The van der Waals surface area contributed by atoms with E-state index < -0.39 is 6.09 Å². The molecule has 1 aromatic carbocycles. The summed E-state index contributed by atoms with van der Waals surface area (Å²) in [7, 11) is 0. The number of nitrogen functional groups attached to an aromatic ring is 1. The van der Waals surface area contributed by atoms with Crippen LogP contribution in [0.25, 0.3) is 0 Å². The van der Waals surface area contributed by atoms with E-state index in [0.29, 0.717) is 23.6 Å². The average Bonchev–Trinajstić information content (AvgIpc) is 2.51. The Balaban J connectivity index is 1.99. The summed E-state index contributed by atoms with van der Waals surface area (Å²) in [4.78, 5) is 15.5. The van der Waals surface area contributed by atoms with Gasteiger partial charge in [0.25, 0.3) is 0 Å². The molecule has 0 saturated carbocycles. The van der Waals surface area contributed by atoms with Gasteiger partial charge in [0.05, 0.1) is 12.3 Å². The van der Waals surface area contributed by atoms with Crippen molar-refractivity contribution in [2.24, 2.45) is 0 Å². The normalized spacial score (nSPS) is 10.2. The monoisotopic (exact) mass is 318 g/mol. The molecule has 0 aliphatic heterocycles. The Hall–Kier alpha value is -2.83. The molecule has 0 aliphatic rings. The highest BCUT2D eigenvalue weighted by Gasteiger charge is 2.07. The first-order valence-electron chi connectivity index (χ1n) is 7.18. The molecule has 0 atom stereocenters. The summed E-state index contributed by atoms with van der Waals surface area (Å²) in [6.45, 7) is 4.10. The minimum Gasteiger partial charge on any atom is -0.450 e. The van der Waals surface area contributed by atoms with Gasteiger partial charge in [-0.05, 0) is 43.2 Å². The highest BCUT2D eigenvalue weighted by Crippen LogP contribution is 2.19. The van der Waals surface area contributed by atoms with Crippen LogP contribution in [0.2, 0.25) is 0 Å². The van der Waals surface area contributed by atoms with Crippen LogP contribution >= 0.6 is 0 Å². The van der Waals surface area contributed by atoms with Gasteiger partial charge in [-0.1, -0.05) is 12.1 Å². The number of benzene rings is 1. The first-order chi connectivity index (χ1) is 11.0. The molecule has 122 valence electrons. The molecule has 4 N–H and O–H groups in total. The summed E-state index contributed by atoms with van der Waals surface area (Å²) in [6.07, 6.45) is -0.586. The highest BCUT2D eigenvalue weighted by atomic mass is 19.1. The van der Waals surface area contributed by atoms with Crippen LogP contribution in [0.5, 0.6) is 0 Å². The molecule has 23 heavy (non-hydrogen) atoms. The van der Waals surface area contributed by atoms with Gasteiger partial charge in [-0.2, -0.15) is 0 Å². The fraction of sp³-hybridized carbons (Fsp3) is 0.250. The van der Waals surface area contributed by atoms with E-state index in [4.69, 9.17) is 10.5 Å². The van der Waals surface area contributed by atoms with Crippen LogP contribution in [0.4, 0.5) is 26.5 Å². The van der Waals surface area contributed by atoms with E-state index in [1.54, 1.807) is 32.0 Å². The first kappa shape index (κ1) is 16.5. The minimum atomic E-state index is -0.586. The Morgan fingerprint density at radius 3 is 2.78 bits per heavy atom. The Bertz CT molecular complexity index is 706. The number of hydrogen-bond acceptors (Lipinski definition) is 5. The molecule has 0 radical (unpaired) electrons. The Labute approximate surface area is 133 Å². The number of aromatic nitrogens is 1. The van der Waals surface area contributed by atoms with Gasteiger partial charge < -0.3 is 15.8 Å². The number of carbonyl (C=O) groups is 1. The summed E-state index contributed by atoms with van der Waals surface area (Å²) in [5, 5.41) is 5.55. The minimum absolute atomic E-state index is 0.165. The van der Waals surface area contributed by atoms with Crippen LogP contribution in [-0.2, 0) is 11.3 Å². The first-order valence-corrected chi connectivity index (χ1v) is 7.18. The molecule has 0 aliphatic carbocycles. The van der Waals surface area contributed by atoms with Crippen molar-refractivity contribution in [1.29, 1.82) is 0 Å². The number of nitrogens with two attached hydrogens (primary N) is 1. The molecule has 7 heteroatoms. The zero-order valence-electron chi connectivity index (χ0n) is 13.0. The molecule has 2 aromatic rings. The summed E-state index contributed by atoms with van der Waals surface area (Å²) >= 11 is 0. The fourth-order valence-corrected chi connectivity index (χ4v) is 1.90. The SMILES string of the molecule is CCOC(=O)Nc1ccc(NCc2ccc(C)c(F)c2)nc1N. The van der Waals surface area contributed by atoms with E-state index in [0.717, 1.165) is 5.56 Å². The van der Waals surface area contributed by atoms with Crippen molar-refractivity contribution in [1.82, 2.24) is 4.98 Å². The second kappa shape index (κ2) is 7.44. The van der Waals surface area contributed by atoms with Gasteiger partial charge in [-0.3, -0.25) is 5.32 Å². The molecule has 1 amide bonds. The van der Waals surface area contributed by atoms with Crippen LogP contribution in [-0.4, -0.2) is 17.7 Å². The lowest BCUT2D eigenvalue weighted by molar-refractivity contribution is 0.168. The molecule has 0 fully saturated rings. The van der Waals surface area contributed by atoms with Crippen LogP contribution in [0.15, 0.2) is 30.3 Å². The fourth-order valence-electron chi connectivity index (χ4n) is 1.90. The number of anilines is 3. The average molecular weight is 318 g/mol. The maximum atomic E-state index is 13.5. The predicted molar refractivity (Wildman–Crippen MR) is 87.8 cm³/mol. The third kappa shape index (κ3) is 4.57. The summed E-state index contributed by atoms with van der Waals surface area (Å²) in [5.74, 6) is 0.446. The van der Waals surface area contributed by atoms with Gasteiger partial charge in [-0.15, -0.1) is 0 Å². The third-order valence-electron chi connectivity index (χ3n) is 3.15. The predicted octanol–water partition coefficient (Wildman–Crippen LogP) is 3.29. The van der Waals surface area contributed by atoms with Gasteiger partial charge >= 0.3 is 6.09 Å². The lowest BCUT2D eigenvalue weighted by Gasteiger charge is -2.11. The molecule has 2 rings (SSSR count). The number of hydrogen-bond donors (Lipinski definition) is 3. The lowest BCUT2D eigenvalue weighted by atomic mass is 10.1. The maximum absolute atomic E-state index is 13.5. The smallest absolute Gasteiger partial charge is 0.411 e. The number of amides is 1. The number of aryl methyl sites for hydroxylation is 1. The number of nitrogens with one attached hydrogen (secondary N) is 2. The second-order valence-corrected chi connectivity index (χ2v) is 4.91. The number of halogens is 1. The molecule has 0 unspecified atom stereocenters. The summed E-state index contributed by atoms with van der Waals surface area (Å²) in [5.41, 5.74) is 7.56. The lowest BCUT2D eigenvalue weighted by Crippen LogP contribution is -2.15. The largest absolute Gasteiger partial charge is 0.450 e. The molecule has 0 spiro atoms. The van der Waals surface area contributed by atoms with Gasteiger partial charge in [0.2, 0.25) is 0 Å². The van der Waals surface area contributed by atoms with Gasteiger partial charge in [0, 0.05) is 6.54 Å². The van der Waals surface area contributed by atoms with Crippen LogP contribution < -0.4 is 16.4 Å². The van der Waals surface area contributed by atoms with Gasteiger partial charge in [0.15, 0.2) is 0 Å². The molecular formula is C16H19FN4O2. The Kier molecular flexibility index (Phi) is 5.35.